The van der Waals surface area contributed by atoms with Gasteiger partial charge in [0.1, 0.15) is 6.10 Å². The van der Waals surface area contributed by atoms with Crippen molar-refractivity contribution >= 4 is 0 Å². The van der Waals surface area contributed by atoms with Gasteiger partial charge in [0.2, 0.25) is 0 Å². The number of hydrogen-bond donors (Lipinski definition) is 2. The Morgan fingerprint density at radius 3 is 2.47 bits per heavy atom. The first-order valence-electron chi connectivity index (χ1n) is 6.19. The van der Waals surface area contributed by atoms with Crippen LogP contribution in [0.1, 0.15) is 45.4 Å². The zero-order valence-electron chi connectivity index (χ0n) is 9.69. The summed E-state index contributed by atoms with van der Waals surface area (Å²) < 4.78 is 5.25. The molecule has 2 unspecified atom stereocenters. The minimum absolute atomic E-state index is 0.269. The van der Waals surface area contributed by atoms with E-state index in [1.165, 1.54) is 19.3 Å². The number of aliphatic hydroxyl groups excluding tert-OH is 2. The first-order valence-corrected chi connectivity index (χ1v) is 6.19. The molecule has 1 saturated carbocycles. The molecule has 2 atom stereocenters. The Balaban J connectivity index is 2.21. The minimum Gasteiger partial charge on any atom is -0.390 e. The summed E-state index contributed by atoms with van der Waals surface area (Å²) >= 11 is 0. The monoisotopic (exact) mass is 216 g/mol. The molecule has 90 valence electrons. The first kappa shape index (κ1) is 12.9. The molecule has 0 radical (unpaired) electrons. The molecule has 15 heavy (non-hydrogen) atoms. The van der Waals surface area contributed by atoms with Crippen molar-refractivity contribution in [3.8, 4) is 0 Å². The molecule has 0 heterocycles. The van der Waals surface area contributed by atoms with E-state index in [4.69, 9.17) is 4.74 Å². The van der Waals surface area contributed by atoms with E-state index < -0.39 is 12.2 Å². The summed E-state index contributed by atoms with van der Waals surface area (Å²) in [6.45, 7) is 2.96. The quantitative estimate of drug-likeness (QED) is 0.665. The molecule has 1 fully saturated rings. The molecule has 0 aromatic rings. The van der Waals surface area contributed by atoms with Gasteiger partial charge in [-0.2, -0.15) is 0 Å². The van der Waals surface area contributed by atoms with E-state index >= 15 is 0 Å². The van der Waals surface area contributed by atoms with Gasteiger partial charge in [0.15, 0.2) is 0 Å². The third-order valence-corrected chi connectivity index (χ3v) is 3.16. The fourth-order valence-corrected chi connectivity index (χ4v) is 2.24. The van der Waals surface area contributed by atoms with Crippen LogP contribution in [0, 0.1) is 5.92 Å². The molecule has 0 aromatic heterocycles. The third-order valence-electron chi connectivity index (χ3n) is 3.16. The Morgan fingerprint density at radius 1 is 1.20 bits per heavy atom. The van der Waals surface area contributed by atoms with Gasteiger partial charge in [-0.15, -0.1) is 0 Å². The summed E-state index contributed by atoms with van der Waals surface area (Å²) in [5, 5.41) is 19.6. The molecule has 2 N–H and O–H groups in total. The highest BCUT2D eigenvalue weighted by atomic mass is 16.5. The standard InChI is InChI=1S/C12H24O3/c1-2-8-15-9-11(13)12(14)10-6-4-3-5-7-10/h10-14H,2-9H2,1H3. The summed E-state index contributed by atoms with van der Waals surface area (Å²) in [5.74, 6) is 0.277. The summed E-state index contributed by atoms with van der Waals surface area (Å²) in [6.07, 6.45) is 5.38. The fraction of sp³-hybridized carbons (Fsp3) is 1.00. The highest BCUT2D eigenvalue weighted by Gasteiger charge is 2.27. The van der Waals surface area contributed by atoms with E-state index in [1.807, 2.05) is 6.92 Å². The lowest BCUT2D eigenvalue weighted by Gasteiger charge is -2.29. The smallest absolute Gasteiger partial charge is 0.103 e. The second kappa shape index (κ2) is 7.20. The molecule has 3 heteroatoms. The predicted octanol–water partition coefficient (Wildman–Crippen LogP) is 1.72. The van der Waals surface area contributed by atoms with Gasteiger partial charge in [0.25, 0.3) is 0 Å². The van der Waals surface area contributed by atoms with Crippen molar-refractivity contribution < 1.29 is 14.9 Å². The van der Waals surface area contributed by atoms with Crippen LogP contribution >= 0.6 is 0 Å². The van der Waals surface area contributed by atoms with Crippen molar-refractivity contribution in [3.63, 3.8) is 0 Å². The van der Waals surface area contributed by atoms with Crippen LogP contribution in [0.3, 0.4) is 0 Å². The molecule has 0 saturated heterocycles. The van der Waals surface area contributed by atoms with Crippen molar-refractivity contribution in [1.82, 2.24) is 0 Å². The van der Waals surface area contributed by atoms with Crippen molar-refractivity contribution in [3.05, 3.63) is 0 Å². The van der Waals surface area contributed by atoms with Gasteiger partial charge < -0.3 is 14.9 Å². The van der Waals surface area contributed by atoms with Gasteiger partial charge in [-0.05, 0) is 25.2 Å². The first-order chi connectivity index (χ1) is 7.25. The van der Waals surface area contributed by atoms with E-state index in [9.17, 15) is 10.2 Å². The Kier molecular flexibility index (Phi) is 6.22. The number of ether oxygens (including phenoxy) is 1. The number of aliphatic hydroxyl groups is 2. The lowest BCUT2D eigenvalue weighted by Crippen LogP contribution is -2.37. The molecule has 0 spiro atoms. The Hall–Kier alpha value is -0.120. The summed E-state index contributed by atoms with van der Waals surface area (Å²) in [6, 6.07) is 0. The SMILES string of the molecule is CCCOCC(O)C(O)C1CCCCC1. The maximum atomic E-state index is 9.91. The molecular formula is C12H24O3. The predicted molar refractivity (Wildman–Crippen MR) is 59.7 cm³/mol. The molecule has 0 aliphatic heterocycles. The van der Waals surface area contributed by atoms with Gasteiger partial charge in [0.05, 0.1) is 12.7 Å². The zero-order valence-corrected chi connectivity index (χ0v) is 9.69. The van der Waals surface area contributed by atoms with E-state index in [1.54, 1.807) is 0 Å². The fourth-order valence-electron chi connectivity index (χ4n) is 2.24. The maximum Gasteiger partial charge on any atom is 0.103 e. The molecule has 0 amide bonds. The number of rotatable bonds is 6. The van der Waals surface area contributed by atoms with Gasteiger partial charge in [-0.3, -0.25) is 0 Å². The highest BCUT2D eigenvalue weighted by molar-refractivity contribution is 4.78. The normalized spacial score (nSPS) is 22.6. The van der Waals surface area contributed by atoms with Gasteiger partial charge in [0, 0.05) is 6.61 Å². The number of hydrogen-bond acceptors (Lipinski definition) is 3. The van der Waals surface area contributed by atoms with E-state index in [-0.39, 0.29) is 12.5 Å². The molecule has 1 aliphatic rings. The summed E-state index contributed by atoms with van der Waals surface area (Å²) in [4.78, 5) is 0. The van der Waals surface area contributed by atoms with Gasteiger partial charge in [-0.1, -0.05) is 26.2 Å². The van der Waals surface area contributed by atoms with Crippen LogP contribution in [0.15, 0.2) is 0 Å². The summed E-state index contributed by atoms with van der Waals surface area (Å²) in [5.41, 5.74) is 0. The van der Waals surface area contributed by atoms with Crippen molar-refractivity contribution in [1.29, 1.82) is 0 Å². The Bertz CT molecular complexity index is 155. The van der Waals surface area contributed by atoms with E-state index in [0.717, 1.165) is 19.3 Å². The second-order valence-corrected chi connectivity index (χ2v) is 4.53. The molecule has 1 aliphatic carbocycles. The van der Waals surface area contributed by atoms with Gasteiger partial charge >= 0.3 is 0 Å². The lowest BCUT2D eigenvalue weighted by atomic mass is 9.83. The topological polar surface area (TPSA) is 49.7 Å². The highest BCUT2D eigenvalue weighted by Crippen LogP contribution is 2.27. The van der Waals surface area contributed by atoms with Gasteiger partial charge in [-0.25, -0.2) is 0 Å². The van der Waals surface area contributed by atoms with Crippen LogP contribution in [0.25, 0.3) is 0 Å². The van der Waals surface area contributed by atoms with Crippen LogP contribution in [-0.2, 0) is 4.74 Å². The molecular weight excluding hydrogens is 192 g/mol. The van der Waals surface area contributed by atoms with E-state index in [2.05, 4.69) is 0 Å². The molecule has 0 bridgehead atoms. The largest absolute Gasteiger partial charge is 0.390 e. The van der Waals surface area contributed by atoms with Crippen LogP contribution in [0.4, 0.5) is 0 Å². The average Bonchev–Trinajstić information content (AvgIpc) is 2.29. The molecule has 0 aromatic carbocycles. The lowest BCUT2D eigenvalue weighted by molar-refractivity contribution is -0.0668. The van der Waals surface area contributed by atoms with Crippen LogP contribution < -0.4 is 0 Å². The Labute approximate surface area is 92.4 Å². The average molecular weight is 216 g/mol. The van der Waals surface area contributed by atoms with Crippen LogP contribution in [0.5, 0.6) is 0 Å². The maximum absolute atomic E-state index is 9.91. The molecule has 3 nitrogen and oxygen atoms in total. The van der Waals surface area contributed by atoms with Crippen molar-refractivity contribution in [2.45, 2.75) is 57.7 Å². The van der Waals surface area contributed by atoms with Crippen molar-refractivity contribution in [2.24, 2.45) is 5.92 Å². The van der Waals surface area contributed by atoms with E-state index in [0.29, 0.717) is 6.61 Å². The minimum atomic E-state index is -0.709. The zero-order chi connectivity index (χ0) is 11.1. The third kappa shape index (κ3) is 4.49. The summed E-state index contributed by atoms with van der Waals surface area (Å²) in [7, 11) is 0. The Morgan fingerprint density at radius 2 is 1.87 bits per heavy atom. The molecule has 1 rings (SSSR count). The second-order valence-electron chi connectivity index (χ2n) is 4.53. The van der Waals surface area contributed by atoms with Crippen LogP contribution in [0.2, 0.25) is 0 Å². The van der Waals surface area contributed by atoms with Crippen LogP contribution in [-0.4, -0.2) is 35.6 Å². The van der Waals surface area contributed by atoms with Crippen molar-refractivity contribution in [2.75, 3.05) is 13.2 Å².